The van der Waals surface area contributed by atoms with E-state index in [1.807, 2.05) is 26.0 Å². The molecule has 0 aliphatic heterocycles. The van der Waals surface area contributed by atoms with Gasteiger partial charge in [0.25, 0.3) is 0 Å². The van der Waals surface area contributed by atoms with Crippen LogP contribution in [0.2, 0.25) is 0 Å². The molecule has 1 aromatic carbocycles. The van der Waals surface area contributed by atoms with Crippen LogP contribution >= 0.6 is 27.5 Å². The number of rotatable bonds is 8. The predicted octanol–water partition coefficient (Wildman–Crippen LogP) is 5.96. The van der Waals surface area contributed by atoms with Crippen molar-refractivity contribution in [3.8, 4) is 11.5 Å². The van der Waals surface area contributed by atoms with E-state index in [2.05, 4.69) is 29.8 Å². The topological polar surface area (TPSA) is 18.5 Å². The first-order valence-corrected chi connectivity index (χ1v) is 8.49. The Morgan fingerprint density at radius 3 is 2.15 bits per heavy atom. The summed E-state index contributed by atoms with van der Waals surface area (Å²) >= 11 is 10.2. The molecule has 114 valence electrons. The van der Waals surface area contributed by atoms with Gasteiger partial charge in [-0.3, -0.25) is 0 Å². The third-order valence-electron chi connectivity index (χ3n) is 3.31. The third-order valence-corrected chi connectivity index (χ3v) is 4.41. The fraction of sp³-hybridized carbons (Fsp3) is 0.625. The molecule has 0 aliphatic carbocycles. The van der Waals surface area contributed by atoms with Crippen LogP contribution in [0, 0.1) is 5.92 Å². The van der Waals surface area contributed by atoms with E-state index in [1.54, 1.807) is 0 Å². The maximum Gasteiger partial charge on any atom is 0.162 e. The van der Waals surface area contributed by atoms with Gasteiger partial charge >= 0.3 is 0 Å². The number of halogens is 2. The molecule has 0 fully saturated rings. The highest BCUT2D eigenvalue weighted by Crippen LogP contribution is 2.40. The van der Waals surface area contributed by atoms with Crippen LogP contribution < -0.4 is 9.47 Å². The van der Waals surface area contributed by atoms with Crippen LogP contribution in [-0.2, 0) is 0 Å². The van der Waals surface area contributed by atoms with Crippen LogP contribution in [-0.4, -0.2) is 13.2 Å². The molecule has 0 heterocycles. The number of hydrogen-bond donors (Lipinski definition) is 0. The first-order chi connectivity index (χ1) is 9.53. The van der Waals surface area contributed by atoms with Gasteiger partial charge in [-0.2, -0.15) is 0 Å². The Morgan fingerprint density at radius 2 is 1.65 bits per heavy atom. The lowest BCUT2D eigenvalue weighted by molar-refractivity contribution is 0.287. The lowest BCUT2D eigenvalue weighted by Gasteiger charge is -2.19. The molecule has 1 aromatic rings. The monoisotopic (exact) mass is 362 g/mol. The van der Waals surface area contributed by atoms with E-state index < -0.39 is 0 Å². The molecular weight excluding hydrogens is 340 g/mol. The molecule has 4 heteroatoms. The van der Waals surface area contributed by atoms with E-state index in [0.717, 1.165) is 34.4 Å². The zero-order chi connectivity index (χ0) is 15.1. The number of alkyl halides is 1. The molecule has 0 saturated heterocycles. The van der Waals surface area contributed by atoms with Crippen molar-refractivity contribution in [2.45, 2.75) is 45.9 Å². The van der Waals surface area contributed by atoms with E-state index in [4.69, 9.17) is 21.1 Å². The molecule has 2 atom stereocenters. The summed E-state index contributed by atoms with van der Waals surface area (Å²) in [7, 11) is 0. The molecule has 0 bridgehead atoms. The van der Waals surface area contributed by atoms with Gasteiger partial charge in [-0.15, -0.1) is 11.6 Å². The molecule has 1 rings (SSSR count). The molecule has 0 aromatic heterocycles. The highest BCUT2D eigenvalue weighted by atomic mass is 79.9. The van der Waals surface area contributed by atoms with Crippen LogP contribution in [0.4, 0.5) is 0 Å². The molecule has 0 radical (unpaired) electrons. The standard InChI is InChI=1S/C16H24BrClO2/c1-5-11(4)8-14(18)12-9-15(19-6-2)16(20-7-3)10-13(12)17/h9-11,14H,5-8H2,1-4H3. The second-order valence-electron chi connectivity index (χ2n) is 4.90. The first-order valence-electron chi connectivity index (χ1n) is 7.26. The molecule has 20 heavy (non-hydrogen) atoms. The zero-order valence-electron chi connectivity index (χ0n) is 12.7. The van der Waals surface area contributed by atoms with E-state index >= 15 is 0 Å². The van der Waals surface area contributed by atoms with Crippen molar-refractivity contribution in [3.63, 3.8) is 0 Å². The SMILES string of the molecule is CCOc1cc(Br)c(C(Cl)CC(C)CC)cc1OCC. The van der Waals surface area contributed by atoms with Crippen LogP contribution in [0.1, 0.15) is 51.5 Å². The maximum atomic E-state index is 6.56. The molecule has 0 saturated carbocycles. The van der Waals surface area contributed by atoms with Crippen LogP contribution in [0.15, 0.2) is 16.6 Å². The smallest absolute Gasteiger partial charge is 0.162 e. The number of hydrogen-bond acceptors (Lipinski definition) is 2. The maximum absolute atomic E-state index is 6.56. The van der Waals surface area contributed by atoms with Gasteiger partial charge in [0.2, 0.25) is 0 Å². The molecule has 0 aliphatic rings. The average Bonchev–Trinajstić information content (AvgIpc) is 2.41. The Kier molecular flexibility index (Phi) is 7.75. The first kappa shape index (κ1) is 17.6. The Labute approximate surface area is 135 Å². The van der Waals surface area contributed by atoms with E-state index in [-0.39, 0.29) is 5.38 Å². The summed E-state index contributed by atoms with van der Waals surface area (Å²) in [5.74, 6) is 2.13. The molecule has 2 nitrogen and oxygen atoms in total. The third kappa shape index (κ3) is 4.85. The lowest BCUT2D eigenvalue weighted by Crippen LogP contribution is -2.03. The van der Waals surface area contributed by atoms with Gasteiger partial charge in [0.15, 0.2) is 11.5 Å². The number of ether oxygens (including phenoxy) is 2. The summed E-state index contributed by atoms with van der Waals surface area (Å²) in [5.41, 5.74) is 1.07. The van der Waals surface area contributed by atoms with Crippen LogP contribution in [0.5, 0.6) is 11.5 Å². The Morgan fingerprint density at radius 1 is 1.10 bits per heavy atom. The van der Waals surface area contributed by atoms with Crippen molar-refractivity contribution in [1.29, 1.82) is 0 Å². The van der Waals surface area contributed by atoms with Gasteiger partial charge in [-0.05, 0) is 43.9 Å². The minimum absolute atomic E-state index is 0.0193. The van der Waals surface area contributed by atoms with Crippen molar-refractivity contribution < 1.29 is 9.47 Å². The van der Waals surface area contributed by atoms with Crippen molar-refractivity contribution in [3.05, 3.63) is 22.2 Å². The van der Waals surface area contributed by atoms with Gasteiger partial charge in [0, 0.05) is 4.47 Å². The largest absolute Gasteiger partial charge is 0.490 e. The normalized spacial score (nSPS) is 13.9. The Balaban J connectivity index is 3.04. The van der Waals surface area contributed by atoms with Gasteiger partial charge in [0.05, 0.1) is 18.6 Å². The molecule has 0 amide bonds. The Hall–Kier alpha value is -0.410. The predicted molar refractivity (Wildman–Crippen MR) is 89.1 cm³/mol. The van der Waals surface area contributed by atoms with Crippen molar-refractivity contribution in [2.24, 2.45) is 5.92 Å². The minimum atomic E-state index is -0.0193. The van der Waals surface area contributed by atoms with Crippen LogP contribution in [0.3, 0.4) is 0 Å². The van der Waals surface area contributed by atoms with Crippen molar-refractivity contribution >= 4 is 27.5 Å². The lowest BCUT2D eigenvalue weighted by atomic mass is 9.98. The second-order valence-corrected chi connectivity index (χ2v) is 6.28. The fourth-order valence-corrected chi connectivity index (χ4v) is 3.19. The highest BCUT2D eigenvalue weighted by molar-refractivity contribution is 9.10. The fourth-order valence-electron chi connectivity index (χ4n) is 1.97. The summed E-state index contributed by atoms with van der Waals surface area (Å²) in [5, 5.41) is -0.0193. The molecule has 2 unspecified atom stereocenters. The molecule has 0 N–H and O–H groups in total. The van der Waals surface area contributed by atoms with Crippen molar-refractivity contribution in [1.82, 2.24) is 0 Å². The van der Waals surface area contributed by atoms with Crippen molar-refractivity contribution in [2.75, 3.05) is 13.2 Å². The second kappa shape index (κ2) is 8.78. The molecule has 0 spiro atoms. The number of benzene rings is 1. The van der Waals surface area contributed by atoms with Gasteiger partial charge in [-0.1, -0.05) is 36.2 Å². The van der Waals surface area contributed by atoms with Gasteiger partial charge < -0.3 is 9.47 Å². The minimum Gasteiger partial charge on any atom is -0.490 e. The summed E-state index contributed by atoms with van der Waals surface area (Å²) in [6, 6.07) is 3.95. The van der Waals surface area contributed by atoms with E-state index in [0.29, 0.717) is 19.1 Å². The van der Waals surface area contributed by atoms with E-state index in [9.17, 15) is 0 Å². The highest BCUT2D eigenvalue weighted by Gasteiger charge is 2.18. The summed E-state index contributed by atoms with van der Waals surface area (Å²) in [6.07, 6.45) is 2.09. The van der Waals surface area contributed by atoms with Gasteiger partial charge in [-0.25, -0.2) is 0 Å². The summed E-state index contributed by atoms with van der Waals surface area (Å²) < 4.78 is 12.3. The zero-order valence-corrected chi connectivity index (χ0v) is 15.1. The Bertz CT molecular complexity index is 423. The summed E-state index contributed by atoms with van der Waals surface area (Å²) in [4.78, 5) is 0. The summed E-state index contributed by atoms with van der Waals surface area (Å²) in [6.45, 7) is 9.57. The van der Waals surface area contributed by atoms with Crippen LogP contribution in [0.25, 0.3) is 0 Å². The average molecular weight is 364 g/mol. The van der Waals surface area contributed by atoms with Gasteiger partial charge in [0.1, 0.15) is 0 Å². The quantitative estimate of drug-likeness (QED) is 0.530. The molecular formula is C16H24BrClO2. The van der Waals surface area contributed by atoms with E-state index in [1.165, 1.54) is 0 Å².